The number of nitrogen functional groups attached to an aromatic ring is 2. The second kappa shape index (κ2) is 25.8. The summed E-state index contributed by atoms with van der Waals surface area (Å²) in [5.41, 5.74) is 11.5. The summed E-state index contributed by atoms with van der Waals surface area (Å²) < 4.78 is 32.7. The molecule has 0 aliphatic heterocycles. The number of nitrogens with zero attached hydrogens (tertiary/aromatic N) is 2. The largest absolute Gasteiger partial charge is 0.382 e. The molecule has 1 aromatic heterocycles. The third-order valence-electron chi connectivity index (χ3n) is 5.79. The van der Waals surface area contributed by atoms with Crippen molar-refractivity contribution in [2.45, 2.75) is 52.9 Å². The molecule has 6 N–H and O–H groups in total. The number of anilines is 2. The molecular weight excluding hydrogens is 560 g/mol. The second-order valence-electron chi connectivity index (χ2n) is 10.1. The Labute approximate surface area is 256 Å². The Kier molecular flexibility index (Phi) is 23.1. The number of nitrogens with one attached hydrogen (secondary N) is 2. The van der Waals surface area contributed by atoms with Gasteiger partial charge in [-0.05, 0) is 38.0 Å². The van der Waals surface area contributed by atoms with Crippen LogP contribution in [0.15, 0.2) is 0 Å². The summed E-state index contributed by atoms with van der Waals surface area (Å²) in [5, 5.41) is 5.40. The number of hydrogen-bond donors (Lipinski definition) is 4. The van der Waals surface area contributed by atoms with Gasteiger partial charge in [0.25, 0.3) is 11.8 Å². The van der Waals surface area contributed by atoms with E-state index < -0.39 is 11.8 Å². The van der Waals surface area contributed by atoms with E-state index in [0.29, 0.717) is 97.9 Å². The zero-order chi connectivity index (χ0) is 31.5. The number of carbonyl (C=O) groups is 2. The van der Waals surface area contributed by atoms with Crippen LogP contribution in [0.5, 0.6) is 0 Å². The first kappa shape index (κ1) is 38.4. The molecule has 1 heterocycles. The highest BCUT2D eigenvalue weighted by molar-refractivity contribution is 6.00. The van der Waals surface area contributed by atoms with Gasteiger partial charge >= 0.3 is 0 Å². The van der Waals surface area contributed by atoms with Gasteiger partial charge in [-0.1, -0.05) is 20.8 Å². The Morgan fingerprint density at radius 2 is 0.953 bits per heavy atom. The van der Waals surface area contributed by atoms with Crippen LogP contribution in [0.2, 0.25) is 0 Å². The van der Waals surface area contributed by atoms with Gasteiger partial charge in [-0.3, -0.25) is 9.59 Å². The van der Waals surface area contributed by atoms with Gasteiger partial charge in [-0.2, -0.15) is 0 Å². The number of aromatic nitrogens is 2. The Balaban J connectivity index is 2.13. The standard InChI is InChI=1S/C29H54N6O8/c1-4-11-38-15-19-42-21-17-40-13-6-9-32-28(36)24-26(30)35-25(27(31)34-24)29(37)33-10-7-14-41-18-22-43-20-16-39-12-5-8-23(2)3/h23H,4-22H2,1-3H3,(H2,30,35)(H2,31,34)(H,32,36)(H,33,37). The van der Waals surface area contributed by atoms with Gasteiger partial charge in [0.2, 0.25) is 0 Å². The van der Waals surface area contributed by atoms with Crippen molar-refractivity contribution in [3.05, 3.63) is 11.4 Å². The highest BCUT2D eigenvalue weighted by Crippen LogP contribution is 2.13. The molecule has 0 aliphatic carbocycles. The normalized spacial score (nSPS) is 11.3. The maximum absolute atomic E-state index is 12.5. The highest BCUT2D eigenvalue weighted by atomic mass is 16.5. The molecular formula is C29H54N6O8. The fraction of sp³-hybridized carbons (Fsp3) is 0.793. The molecule has 1 aromatic rings. The van der Waals surface area contributed by atoms with Crippen molar-refractivity contribution in [2.75, 3.05) is 104 Å². The van der Waals surface area contributed by atoms with Crippen molar-refractivity contribution >= 4 is 23.5 Å². The molecule has 0 fully saturated rings. The summed E-state index contributed by atoms with van der Waals surface area (Å²) in [6, 6.07) is 0. The summed E-state index contributed by atoms with van der Waals surface area (Å²) in [4.78, 5) is 32.9. The average Bonchev–Trinajstić information content (AvgIpc) is 2.98. The molecule has 0 atom stereocenters. The van der Waals surface area contributed by atoms with Gasteiger partial charge in [-0.25, -0.2) is 9.97 Å². The summed E-state index contributed by atoms with van der Waals surface area (Å²) >= 11 is 0. The highest BCUT2D eigenvalue weighted by Gasteiger charge is 2.20. The van der Waals surface area contributed by atoms with E-state index in [1.54, 1.807) is 0 Å². The van der Waals surface area contributed by atoms with E-state index in [1.807, 2.05) is 0 Å². The lowest BCUT2D eigenvalue weighted by Gasteiger charge is -2.11. The molecule has 0 radical (unpaired) electrons. The van der Waals surface area contributed by atoms with E-state index in [4.69, 9.17) is 39.9 Å². The van der Waals surface area contributed by atoms with Crippen LogP contribution < -0.4 is 22.1 Å². The van der Waals surface area contributed by atoms with Crippen molar-refractivity contribution in [2.24, 2.45) is 5.92 Å². The van der Waals surface area contributed by atoms with E-state index >= 15 is 0 Å². The molecule has 0 bridgehead atoms. The Bertz CT molecular complexity index is 878. The fourth-order valence-corrected chi connectivity index (χ4v) is 3.54. The number of ether oxygens (including phenoxy) is 6. The van der Waals surface area contributed by atoms with Crippen molar-refractivity contribution in [3.8, 4) is 0 Å². The molecule has 0 saturated heterocycles. The summed E-state index contributed by atoms with van der Waals surface area (Å²) in [7, 11) is 0. The first-order valence-corrected chi connectivity index (χ1v) is 15.3. The molecule has 0 aliphatic rings. The lowest BCUT2D eigenvalue weighted by atomic mass is 10.1. The zero-order valence-electron chi connectivity index (χ0n) is 26.3. The second-order valence-corrected chi connectivity index (χ2v) is 10.1. The van der Waals surface area contributed by atoms with Crippen molar-refractivity contribution < 1.29 is 38.0 Å². The van der Waals surface area contributed by atoms with E-state index in [-0.39, 0.29) is 23.0 Å². The van der Waals surface area contributed by atoms with Crippen LogP contribution in [-0.4, -0.2) is 114 Å². The van der Waals surface area contributed by atoms with Gasteiger partial charge in [0, 0.05) is 39.5 Å². The molecule has 14 heteroatoms. The van der Waals surface area contributed by atoms with Gasteiger partial charge in [-0.15, -0.1) is 0 Å². The average molecular weight is 615 g/mol. The van der Waals surface area contributed by atoms with Crippen molar-refractivity contribution in [1.82, 2.24) is 20.6 Å². The molecule has 43 heavy (non-hydrogen) atoms. The zero-order valence-corrected chi connectivity index (χ0v) is 26.3. The van der Waals surface area contributed by atoms with Crippen LogP contribution in [0.4, 0.5) is 11.6 Å². The first-order chi connectivity index (χ1) is 20.9. The van der Waals surface area contributed by atoms with Crippen LogP contribution in [0.3, 0.4) is 0 Å². The number of amides is 2. The van der Waals surface area contributed by atoms with E-state index in [1.165, 1.54) is 6.42 Å². The molecule has 0 saturated carbocycles. The predicted molar refractivity (Wildman–Crippen MR) is 164 cm³/mol. The van der Waals surface area contributed by atoms with Crippen LogP contribution in [0.1, 0.15) is 73.9 Å². The number of hydrogen-bond acceptors (Lipinski definition) is 12. The summed E-state index contributed by atoms with van der Waals surface area (Å²) in [5.74, 6) is -0.734. The van der Waals surface area contributed by atoms with Crippen molar-refractivity contribution in [1.29, 1.82) is 0 Å². The maximum Gasteiger partial charge on any atom is 0.273 e. The van der Waals surface area contributed by atoms with Gasteiger partial charge in [0.1, 0.15) is 0 Å². The monoisotopic (exact) mass is 614 g/mol. The molecule has 0 spiro atoms. The minimum Gasteiger partial charge on any atom is -0.382 e. The molecule has 14 nitrogen and oxygen atoms in total. The number of nitrogens with two attached hydrogens (primary N) is 2. The lowest BCUT2D eigenvalue weighted by Crippen LogP contribution is -2.31. The Morgan fingerprint density at radius 3 is 1.33 bits per heavy atom. The number of rotatable bonds is 28. The van der Waals surface area contributed by atoms with Crippen molar-refractivity contribution in [3.63, 3.8) is 0 Å². The third-order valence-corrected chi connectivity index (χ3v) is 5.79. The lowest BCUT2D eigenvalue weighted by molar-refractivity contribution is 0.0133. The third kappa shape index (κ3) is 20.1. The van der Waals surface area contributed by atoms with Gasteiger partial charge in [0.05, 0.1) is 52.9 Å². The van der Waals surface area contributed by atoms with Gasteiger partial charge < -0.3 is 50.5 Å². The molecule has 2 amide bonds. The summed E-state index contributed by atoms with van der Waals surface area (Å²) in [6.45, 7) is 13.6. The minimum absolute atomic E-state index is 0.137. The van der Waals surface area contributed by atoms with Crippen LogP contribution >= 0.6 is 0 Å². The quantitative estimate of drug-likeness (QED) is 0.100. The first-order valence-electron chi connectivity index (χ1n) is 15.3. The van der Waals surface area contributed by atoms with E-state index in [9.17, 15) is 9.59 Å². The Morgan fingerprint density at radius 1 is 0.605 bits per heavy atom. The smallest absolute Gasteiger partial charge is 0.273 e. The van der Waals surface area contributed by atoms with Crippen LogP contribution in [0, 0.1) is 5.92 Å². The van der Waals surface area contributed by atoms with Gasteiger partial charge in [0.15, 0.2) is 23.0 Å². The predicted octanol–water partition coefficient (Wildman–Crippen LogP) is 1.83. The van der Waals surface area contributed by atoms with Crippen LogP contribution in [0.25, 0.3) is 0 Å². The SMILES string of the molecule is CCCOCCOCCOCCCNC(=O)c1nc(N)c(C(=O)NCCCOCCOCCOCCCC(C)C)nc1N. The molecule has 0 unspecified atom stereocenters. The maximum atomic E-state index is 12.5. The molecule has 248 valence electrons. The topological polar surface area (TPSA) is 191 Å². The van der Waals surface area contributed by atoms with E-state index in [0.717, 1.165) is 26.1 Å². The summed E-state index contributed by atoms with van der Waals surface area (Å²) in [6.07, 6.45) is 4.38. The molecule has 0 aromatic carbocycles. The van der Waals surface area contributed by atoms with Crippen LogP contribution in [-0.2, 0) is 28.4 Å². The fourth-order valence-electron chi connectivity index (χ4n) is 3.54. The minimum atomic E-state index is -0.533. The number of carbonyl (C=O) groups excluding carboxylic acids is 2. The Hall–Kier alpha value is -2.62. The molecule has 1 rings (SSSR count). The van der Waals surface area contributed by atoms with E-state index in [2.05, 4.69) is 41.4 Å².